The van der Waals surface area contributed by atoms with E-state index in [0.29, 0.717) is 39.5 Å². The molecule has 0 aliphatic carbocycles. The maximum atomic E-state index is 12.8. The molecule has 28 heavy (non-hydrogen) atoms. The van der Waals surface area contributed by atoms with E-state index in [0.717, 1.165) is 25.0 Å². The van der Waals surface area contributed by atoms with Gasteiger partial charge in [-0.1, -0.05) is 19.8 Å². The predicted molar refractivity (Wildman–Crippen MR) is 114 cm³/mol. The molecule has 1 amide bonds. The quantitative estimate of drug-likeness (QED) is 0.562. The number of nitrogens with one attached hydrogen (secondary N) is 1. The number of rotatable bonds is 8. The number of hydrogen-bond donors (Lipinski definition) is 1. The first-order valence-electron chi connectivity index (χ1n) is 9.57. The summed E-state index contributed by atoms with van der Waals surface area (Å²) >= 11 is 1.25. The van der Waals surface area contributed by atoms with Crippen molar-refractivity contribution in [3.8, 4) is 5.75 Å². The van der Waals surface area contributed by atoms with Gasteiger partial charge in [0, 0.05) is 12.2 Å². The van der Waals surface area contributed by atoms with Crippen LogP contribution in [-0.4, -0.2) is 22.1 Å². The average molecular weight is 400 g/mol. The number of benzene rings is 1. The monoisotopic (exact) mass is 399 g/mol. The van der Waals surface area contributed by atoms with Gasteiger partial charge >= 0.3 is 0 Å². The number of hydrogen-bond acceptors (Lipinski definition) is 5. The van der Waals surface area contributed by atoms with Crippen molar-refractivity contribution in [1.29, 1.82) is 0 Å². The molecule has 0 unspecified atom stereocenters. The number of thiophene rings is 1. The SMILES string of the molecule is CCCCCn1cnc2sc(C(=O)Nc3ccc(OCC)cc3)c(C)c2c1=O. The fourth-order valence-electron chi connectivity index (χ4n) is 3.06. The third-order valence-corrected chi connectivity index (χ3v) is 5.75. The number of ether oxygens (including phenoxy) is 1. The highest BCUT2D eigenvalue weighted by atomic mass is 32.1. The van der Waals surface area contributed by atoms with Gasteiger partial charge in [0.2, 0.25) is 0 Å². The zero-order chi connectivity index (χ0) is 20.1. The Morgan fingerprint density at radius 3 is 2.64 bits per heavy atom. The Bertz CT molecular complexity index is 1020. The molecule has 2 aromatic heterocycles. The van der Waals surface area contributed by atoms with Gasteiger partial charge in [0.25, 0.3) is 11.5 Å². The van der Waals surface area contributed by atoms with Gasteiger partial charge in [0.1, 0.15) is 10.6 Å². The summed E-state index contributed by atoms with van der Waals surface area (Å²) in [5.41, 5.74) is 1.29. The molecule has 0 fully saturated rings. The number of carbonyl (C=O) groups excluding carboxylic acids is 1. The van der Waals surface area contributed by atoms with Crippen molar-refractivity contribution in [2.75, 3.05) is 11.9 Å². The molecule has 148 valence electrons. The highest BCUT2D eigenvalue weighted by Gasteiger charge is 2.19. The number of amides is 1. The largest absolute Gasteiger partial charge is 0.494 e. The first-order chi connectivity index (χ1) is 13.5. The normalized spacial score (nSPS) is 11.0. The van der Waals surface area contributed by atoms with Crippen molar-refractivity contribution in [3.05, 3.63) is 51.4 Å². The van der Waals surface area contributed by atoms with E-state index in [9.17, 15) is 9.59 Å². The van der Waals surface area contributed by atoms with Gasteiger partial charge in [-0.15, -0.1) is 11.3 Å². The molecule has 0 spiro atoms. The smallest absolute Gasteiger partial charge is 0.266 e. The summed E-state index contributed by atoms with van der Waals surface area (Å²) in [6, 6.07) is 7.22. The molecule has 0 aliphatic rings. The maximum absolute atomic E-state index is 12.8. The summed E-state index contributed by atoms with van der Waals surface area (Å²) in [6.07, 6.45) is 4.70. The topological polar surface area (TPSA) is 73.2 Å². The minimum atomic E-state index is -0.235. The molecule has 2 heterocycles. The summed E-state index contributed by atoms with van der Waals surface area (Å²) < 4.78 is 7.06. The van der Waals surface area contributed by atoms with E-state index in [1.807, 2.05) is 26.0 Å². The van der Waals surface area contributed by atoms with Crippen LogP contribution in [0.15, 0.2) is 35.4 Å². The maximum Gasteiger partial charge on any atom is 0.266 e. The van der Waals surface area contributed by atoms with E-state index < -0.39 is 0 Å². The van der Waals surface area contributed by atoms with E-state index in [1.165, 1.54) is 11.3 Å². The number of anilines is 1. The summed E-state index contributed by atoms with van der Waals surface area (Å²) in [5.74, 6) is 0.521. The van der Waals surface area contributed by atoms with Gasteiger partial charge in [-0.2, -0.15) is 0 Å². The van der Waals surface area contributed by atoms with E-state index in [2.05, 4.69) is 17.2 Å². The van der Waals surface area contributed by atoms with Gasteiger partial charge in [0.05, 0.1) is 23.2 Å². The summed E-state index contributed by atoms with van der Waals surface area (Å²) in [6.45, 7) is 7.11. The number of unbranched alkanes of at least 4 members (excludes halogenated alkanes) is 2. The van der Waals surface area contributed by atoms with Crippen molar-refractivity contribution < 1.29 is 9.53 Å². The lowest BCUT2D eigenvalue weighted by atomic mass is 10.2. The second-order valence-corrected chi connectivity index (χ2v) is 7.60. The number of fused-ring (bicyclic) bond motifs is 1. The van der Waals surface area contributed by atoms with Crippen LogP contribution in [-0.2, 0) is 6.54 Å². The molecule has 0 bridgehead atoms. The number of carbonyl (C=O) groups is 1. The first-order valence-corrected chi connectivity index (χ1v) is 10.4. The molecule has 3 rings (SSSR count). The van der Waals surface area contributed by atoms with Crippen molar-refractivity contribution in [3.63, 3.8) is 0 Å². The minimum Gasteiger partial charge on any atom is -0.494 e. The summed E-state index contributed by atoms with van der Waals surface area (Å²) in [5, 5.41) is 3.43. The van der Waals surface area contributed by atoms with Gasteiger partial charge in [-0.3, -0.25) is 14.2 Å². The van der Waals surface area contributed by atoms with Gasteiger partial charge in [-0.25, -0.2) is 4.98 Å². The Balaban J connectivity index is 1.84. The van der Waals surface area contributed by atoms with E-state index >= 15 is 0 Å². The van der Waals surface area contributed by atoms with E-state index in [4.69, 9.17) is 4.74 Å². The molecule has 0 saturated heterocycles. The van der Waals surface area contributed by atoms with Crippen molar-refractivity contribution in [2.24, 2.45) is 0 Å². The summed E-state index contributed by atoms with van der Waals surface area (Å²) in [7, 11) is 0. The molecule has 3 aromatic rings. The molecule has 0 atom stereocenters. The zero-order valence-corrected chi connectivity index (χ0v) is 17.3. The van der Waals surface area contributed by atoms with Crippen LogP contribution in [0.2, 0.25) is 0 Å². The molecular formula is C21H25N3O3S. The van der Waals surface area contributed by atoms with E-state index in [1.54, 1.807) is 23.0 Å². The molecule has 0 saturated carbocycles. The Morgan fingerprint density at radius 2 is 1.96 bits per heavy atom. The molecule has 6 nitrogen and oxygen atoms in total. The summed E-state index contributed by atoms with van der Waals surface area (Å²) in [4.78, 5) is 31.1. The standard InChI is InChI=1S/C21H25N3O3S/c1-4-6-7-12-24-13-22-20-17(21(24)26)14(3)18(28-20)19(25)23-15-8-10-16(11-9-15)27-5-2/h8-11,13H,4-7,12H2,1-3H3,(H,23,25). The number of aromatic nitrogens is 2. The highest BCUT2D eigenvalue weighted by molar-refractivity contribution is 7.20. The van der Waals surface area contributed by atoms with Crippen molar-refractivity contribution >= 4 is 33.1 Å². The van der Waals surface area contributed by atoms with Crippen molar-refractivity contribution in [2.45, 2.75) is 46.6 Å². The van der Waals surface area contributed by atoms with Crippen LogP contribution < -0.4 is 15.6 Å². The van der Waals surface area contributed by atoms with Crippen LogP contribution in [0, 0.1) is 6.92 Å². The lowest BCUT2D eigenvalue weighted by molar-refractivity contribution is 0.103. The third kappa shape index (κ3) is 4.25. The van der Waals surface area contributed by atoms with Crippen LogP contribution >= 0.6 is 11.3 Å². The molecular weight excluding hydrogens is 374 g/mol. The van der Waals surface area contributed by atoms with Gasteiger partial charge in [0.15, 0.2) is 0 Å². The number of aryl methyl sites for hydroxylation is 2. The second-order valence-electron chi connectivity index (χ2n) is 6.60. The average Bonchev–Trinajstić information content (AvgIpc) is 3.03. The fraction of sp³-hybridized carbons (Fsp3) is 0.381. The Hall–Kier alpha value is -2.67. The second kappa shape index (κ2) is 9.01. The Morgan fingerprint density at radius 1 is 1.21 bits per heavy atom. The third-order valence-electron chi connectivity index (χ3n) is 4.55. The lowest BCUT2D eigenvalue weighted by Gasteiger charge is -2.07. The first kappa shape index (κ1) is 20.1. The molecule has 0 aliphatic heterocycles. The molecule has 7 heteroatoms. The highest BCUT2D eigenvalue weighted by Crippen LogP contribution is 2.28. The lowest BCUT2D eigenvalue weighted by Crippen LogP contribution is -2.20. The molecule has 1 aromatic carbocycles. The van der Waals surface area contributed by atoms with Crippen LogP contribution in [0.1, 0.15) is 48.3 Å². The van der Waals surface area contributed by atoms with Crippen LogP contribution in [0.5, 0.6) is 5.75 Å². The predicted octanol–water partition coefficient (Wildman–Crippen LogP) is 4.61. The minimum absolute atomic E-state index is 0.0741. The van der Waals surface area contributed by atoms with Gasteiger partial charge < -0.3 is 10.1 Å². The Labute approximate surface area is 168 Å². The fourth-order valence-corrected chi connectivity index (χ4v) is 4.09. The number of nitrogens with zero attached hydrogens (tertiary/aromatic N) is 2. The van der Waals surface area contributed by atoms with E-state index in [-0.39, 0.29) is 11.5 Å². The van der Waals surface area contributed by atoms with Crippen LogP contribution in [0.4, 0.5) is 5.69 Å². The Kier molecular flexibility index (Phi) is 6.46. The van der Waals surface area contributed by atoms with Crippen molar-refractivity contribution in [1.82, 2.24) is 9.55 Å². The zero-order valence-electron chi connectivity index (χ0n) is 16.4. The molecule has 1 N–H and O–H groups in total. The van der Waals surface area contributed by atoms with Crippen LogP contribution in [0.3, 0.4) is 0 Å². The van der Waals surface area contributed by atoms with Crippen LogP contribution in [0.25, 0.3) is 10.2 Å². The molecule has 0 radical (unpaired) electrons. The van der Waals surface area contributed by atoms with Gasteiger partial charge in [-0.05, 0) is 50.1 Å².